The van der Waals surface area contributed by atoms with Gasteiger partial charge in [0.25, 0.3) is 0 Å². The van der Waals surface area contributed by atoms with Crippen LogP contribution in [0.5, 0.6) is 0 Å². The van der Waals surface area contributed by atoms with Crippen molar-refractivity contribution in [1.82, 2.24) is 30.4 Å². The number of para-hydroxylation sites is 4. The number of nitrogens with zero attached hydrogens (tertiary/aromatic N) is 10. The first-order valence-corrected chi connectivity index (χ1v) is 24.4. The van der Waals surface area contributed by atoms with Gasteiger partial charge in [-0.3, -0.25) is 18.7 Å². The van der Waals surface area contributed by atoms with Crippen LogP contribution in [0.25, 0.3) is 45.3 Å². The summed E-state index contributed by atoms with van der Waals surface area (Å²) in [6.45, 7) is 3.93. The Kier molecular flexibility index (Phi) is 20.3. The van der Waals surface area contributed by atoms with Crippen molar-refractivity contribution in [2.75, 3.05) is 33.7 Å². The van der Waals surface area contributed by atoms with E-state index < -0.39 is 47.2 Å². The molecule has 0 aliphatic carbocycles. The van der Waals surface area contributed by atoms with Crippen molar-refractivity contribution < 1.29 is 102 Å². The van der Waals surface area contributed by atoms with Crippen LogP contribution in [0.3, 0.4) is 0 Å². The summed E-state index contributed by atoms with van der Waals surface area (Å²) in [4.78, 5) is 16.3. The molecule has 0 N–H and O–H groups in total. The number of halogens is 14. The predicted octanol–water partition coefficient (Wildman–Crippen LogP) is 15.9. The van der Waals surface area contributed by atoms with Crippen molar-refractivity contribution in [3.63, 3.8) is 0 Å². The molecule has 2 aliphatic rings. The molecule has 0 atom stereocenters. The second-order valence-corrected chi connectivity index (χ2v) is 18.0. The fourth-order valence-electron chi connectivity index (χ4n) is 8.10. The van der Waals surface area contributed by atoms with E-state index in [0.29, 0.717) is 0 Å². The smallest absolute Gasteiger partial charge is 0.431 e. The summed E-state index contributed by atoms with van der Waals surface area (Å²) in [6, 6.07) is 52.1. The molecular weight excluding hydrogens is 1510 g/mol. The number of fused-ring (bicyclic) bond motifs is 2. The minimum absolute atomic E-state index is 0. The van der Waals surface area contributed by atoms with E-state index in [-0.39, 0.29) is 97.1 Å². The second kappa shape index (κ2) is 26.9. The minimum atomic E-state index is -4.62. The zero-order chi connectivity index (χ0) is 60.1. The molecule has 0 fully saturated rings. The summed E-state index contributed by atoms with van der Waals surface area (Å²) in [6.07, 6.45) is -18.2. The van der Waals surface area contributed by atoms with Gasteiger partial charge in [0, 0.05) is 86.0 Å². The first kappa shape index (κ1) is 65.1. The second-order valence-electron chi connectivity index (χ2n) is 18.0. The maximum atomic E-state index is 12.9. The molecule has 0 saturated carbocycles. The molecule has 450 valence electrons. The van der Waals surface area contributed by atoms with Crippen LogP contribution >= 0.6 is 0 Å². The third kappa shape index (κ3) is 15.7. The fourth-order valence-corrected chi connectivity index (χ4v) is 8.10. The summed E-state index contributed by atoms with van der Waals surface area (Å²) < 4.78 is 177. The quantitative estimate of drug-likeness (QED) is 0.118. The Bertz CT molecular complexity index is 3580. The van der Waals surface area contributed by atoms with E-state index in [0.717, 1.165) is 70.5 Å². The summed E-state index contributed by atoms with van der Waals surface area (Å²) in [7, 11) is 3.98. The molecule has 2 aliphatic heterocycles. The van der Waals surface area contributed by atoms with Crippen LogP contribution in [-0.2, 0) is 64.9 Å². The van der Waals surface area contributed by atoms with E-state index in [1.54, 1.807) is 12.1 Å². The van der Waals surface area contributed by atoms with Crippen LogP contribution in [0.2, 0.25) is 0 Å². The van der Waals surface area contributed by atoms with Gasteiger partial charge in [-0.15, -0.1) is 107 Å². The molecule has 0 amide bonds. The van der Waals surface area contributed by atoms with Crippen molar-refractivity contribution in [1.29, 1.82) is 0 Å². The summed E-state index contributed by atoms with van der Waals surface area (Å²) in [5, 5.41) is 13.0. The SMILES string of the molecule is CN1[CH-]N(c2[c-]cc(F)cc2)c2ccccc21.CN1[CH-]N(c2[c-]cc(F)cc2)c2ccccc21.FC(F)(F)c1c[c-]c(-c2cccc(-c3cc(C(F)(F)F)n[n-]3)n2)cc1.FC(F)(F)c1c[c-]c(-c2cccc(-c3cc(C(F)(F)F)n[n-]3)n2)cc1.[Ir].[Ir]. The standard InChI is InChI=1S/2C16H7F6N3.2C14H11FN2.2Ir/c2*17-15(18,19)10-6-4-9(5-7-10)11-2-1-3-12(23-11)13-8-14(25-24-13)16(20,21)22;2*1-16-10-17(12-8-6-11(15)7-9-12)14-5-3-2-4-13(14)16;;/h2*1-4,6-8H;2*2-8,10H,1H3;;/q4*-2;;. The van der Waals surface area contributed by atoms with Gasteiger partial charge in [-0.25, -0.2) is 0 Å². The molecule has 10 nitrogen and oxygen atoms in total. The van der Waals surface area contributed by atoms with Crippen molar-refractivity contribution >= 4 is 34.1 Å². The van der Waals surface area contributed by atoms with Gasteiger partial charge in [-0.2, -0.15) is 78.2 Å². The Balaban J connectivity index is 0.000000165. The minimum Gasteiger partial charge on any atom is -0.573 e. The van der Waals surface area contributed by atoms with Gasteiger partial charge < -0.3 is 40.0 Å². The molecular formula is C60H36F14Ir2N10-8. The van der Waals surface area contributed by atoms with Crippen LogP contribution in [0.4, 0.5) is 95.6 Å². The Morgan fingerprint density at radius 3 is 1.06 bits per heavy atom. The van der Waals surface area contributed by atoms with Crippen LogP contribution in [0.1, 0.15) is 22.5 Å². The molecule has 6 heterocycles. The van der Waals surface area contributed by atoms with E-state index >= 15 is 0 Å². The average Bonchev–Trinajstić information content (AvgIpc) is 3.34. The molecule has 26 heteroatoms. The van der Waals surface area contributed by atoms with Crippen LogP contribution in [0, 0.1) is 49.2 Å². The summed E-state index contributed by atoms with van der Waals surface area (Å²) in [5.74, 6) is -0.538. The molecule has 6 aromatic carbocycles. The van der Waals surface area contributed by atoms with Crippen molar-refractivity contribution in [3.8, 4) is 45.3 Å². The van der Waals surface area contributed by atoms with E-state index in [1.807, 2.05) is 83.4 Å². The Morgan fingerprint density at radius 2 is 0.756 bits per heavy atom. The van der Waals surface area contributed by atoms with Gasteiger partial charge in [-0.05, 0) is 85.1 Å². The van der Waals surface area contributed by atoms with Gasteiger partial charge >= 0.3 is 24.7 Å². The molecule has 0 spiro atoms. The van der Waals surface area contributed by atoms with E-state index in [4.69, 9.17) is 0 Å². The van der Waals surface area contributed by atoms with Gasteiger partial charge in [0.05, 0.1) is 0 Å². The summed E-state index contributed by atoms with van der Waals surface area (Å²) in [5.41, 5.74) is 3.21. The third-order valence-electron chi connectivity index (χ3n) is 12.2. The first-order chi connectivity index (χ1) is 39.8. The fraction of sp³-hybridized carbons (Fsp3) is 0.100. The molecule has 0 bridgehead atoms. The number of alkyl halides is 12. The van der Waals surface area contributed by atoms with Crippen LogP contribution < -0.4 is 29.8 Å². The van der Waals surface area contributed by atoms with Gasteiger partial charge in [0.1, 0.15) is 11.4 Å². The van der Waals surface area contributed by atoms with Crippen molar-refractivity contribution in [3.05, 3.63) is 242 Å². The average molecular weight is 1550 g/mol. The van der Waals surface area contributed by atoms with Gasteiger partial charge in [0.15, 0.2) is 0 Å². The van der Waals surface area contributed by atoms with Gasteiger partial charge in [-0.1, -0.05) is 59.9 Å². The zero-order valence-corrected chi connectivity index (χ0v) is 48.5. The number of hydrogen-bond donors (Lipinski definition) is 0. The normalized spacial score (nSPS) is 12.7. The number of benzene rings is 6. The number of aromatic nitrogens is 6. The Morgan fingerprint density at radius 1 is 0.395 bits per heavy atom. The monoisotopic (exact) mass is 1550 g/mol. The molecule has 0 unspecified atom stereocenters. The molecule has 86 heavy (non-hydrogen) atoms. The molecule has 4 aromatic heterocycles. The largest absolute Gasteiger partial charge is 0.573 e. The van der Waals surface area contributed by atoms with E-state index in [9.17, 15) is 61.5 Å². The van der Waals surface area contributed by atoms with Gasteiger partial charge in [0.2, 0.25) is 0 Å². The van der Waals surface area contributed by atoms with Crippen molar-refractivity contribution in [2.24, 2.45) is 0 Å². The molecule has 12 rings (SSSR count). The number of anilines is 6. The molecule has 2 radical (unpaired) electrons. The van der Waals surface area contributed by atoms with Crippen molar-refractivity contribution in [2.45, 2.75) is 24.7 Å². The number of pyridine rings is 2. The Labute approximate surface area is 508 Å². The topological polar surface area (TPSA) is 92.7 Å². The maximum Gasteiger partial charge on any atom is 0.431 e. The Hall–Kier alpha value is -8.44. The maximum absolute atomic E-state index is 12.9. The third-order valence-corrected chi connectivity index (χ3v) is 12.2. The van der Waals surface area contributed by atoms with Crippen LogP contribution in [0.15, 0.2) is 170 Å². The zero-order valence-electron chi connectivity index (χ0n) is 43.8. The molecule has 0 saturated heterocycles. The van der Waals surface area contributed by atoms with E-state index in [2.05, 4.69) is 66.8 Å². The molecule has 10 aromatic rings. The number of hydrogen-bond acceptors (Lipinski definition) is 8. The van der Waals surface area contributed by atoms with Crippen LogP contribution in [-0.4, -0.2) is 34.3 Å². The number of rotatable bonds is 6. The van der Waals surface area contributed by atoms with E-state index in [1.165, 1.54) is 72.8 Å². The predicted molar refractivity (Wildman–Crippen MR) is 283 cm³/mol. The summed E-state index contributed by atoms with van der Waals surface area (Å²) >= 11 is 0. The first-order valence-electron chi connectivity index (χ1n) is 24.4.